The summed E-state index contributed by atoms with van der Waals surface area (Å²) in [6, 6.07) is 9.10. The normalized spacial score (nSPS) is 22.3. The van der Waals surface area contributed by atoms with Crippen molar-refractivity contribution in [1.82, 2.24) is 0 Å². The molecular weight excluding hydrogens is 455 g/mol. The van der Waals surface area contributed by atoms with Crippen LogP contribution in [-0.4, -0.2) is 0 Å². The molecule has 24 heavy (non-hydrogen) atoms. The fourth-order valence-corrected chi connectivity index (χ4v) is 11.5. The van der Waals surface area contributed by atoms with Crippen LogP contribution in [-0.2, 0) is 22.9 Å². The van der Waals surface area contributed by atoms with Gasteiger partial charge < -0.3 is 0 Å². The van der Waals surface area contributed by atoms with Crippen molar-refractivity contribution in [2.45, 2.75) is 64.0 Å². The first-order chi connectivity index (χ1) is 11.3. The van der Waals surface area contributed by atoms with Crippen molar-refractivity contribution in [2.75, 3.05) is 0 Å². The molecular formula is C23H30Hf. The third-order valence-corrected chi connectivity index (χ3v) is 13.6. The van der Waals surface area contributed by atoms with E-state index in [-0.39, 0.29) is 0 Å². The molecule has 0 aromatic heterocycles. The third kappa shape index (κ3) is 2.87. The van der Waals surface area contributed by atoms with Crippen LogP contribution in [0.25, 0.3) is 6.08 Å². The van der Waals surface area contributed by atoms with Crippen LogP contribution in [0.5, 0.6) is 0 Å². The van der Waals surface area contributed by atoms with Gasteiger partial charge in [0.1, 0.15) is 0 Å². The Bertz CT molecular complexity index is 734. The van der Waals surface area contributed by atoms with E-state index in [0.717, 1.165) is 5.92 Å². The molecule has 0 bridgehead atoms. The van der Waals surface area contributed by atoms with Gasteiger partial charge in [0.2, 0.25) is 0 Å². The first kappa shape index (κ1) is 18.1. The molecule has 2 aliphatic rings. The summed E-state index contributed by atoms with van der Waals surface area (Å²) in [5, 5.41) is 0. The van der Waals surface area contributed by atoms with E-state index in [1.807, 2.05) is 3.33 Å². The zero-order valence-electron chi connectivity index (χ0n) is 16.2. The second-order valence-electron chi connectivity index (χ2n) is 8.16. The van der Waals surface area contributed by atoms with Crippen LogP contribution in [0.4, 0.5) is 0 Å². The molecule has 2 aliphatic carbocycles. The van der Waals surface area contributed by atoms with Gasteiger partial charge in [0.05, 0.1) is 0 Å². The number of allylic oxidation sites excluding steroid dienone is 5. The van der Waals surface area contributed by atoms with Gasteiger partial charge in [-0.05, 0) is 0 Å². The monoisotopic (exact) mass is 486 g/mol. The molecule has 0 saturated heterocycles. The van der Waals surface area contributed by atoms with E-state index in [1.54, 1.807) is 27.9 Å². The van der Waals surface area contributed by atoms with Gasteiger partial charge in [0.15, 0.2) is 0 Å². The van der Waals surface area contributed by atoms with Crippen LogP contribution in [0, 0.1) is 5.92 Å². The second kappa shape index (κ2) is 6.56. The van der Waals surface area contributed by atoms with E-state index in [4.69, 9.17) is 0 Å². The van der Waals surface area contributed by atoms with Gasteiger partial charge in [-0.3, -0.25) is 0 Å². The Kier molecular flexibility index (Phi) is 4.95. The van der Waals surface area contributed by atoms with Crippen molar-refractivity contribution < 1.29 is 22.9 Å². The fraction of sp³-hybridized carbons (Fsp3) is 0.478. The number of rotatable bonds is 4. The van der Waals surface area contributed by atoms with Crippen LogP contribution in [0.1, 0.15) is 71.9 Å². The molecule has 126 valence electrons. The van der Waals surface area contributed by atoms with Crippen molar-refractivity contribution in [3.8, 4) is 0 Å². The van der Waals surface area contributed by atoms with Crippen molar-refractivity contribution in [1.29, 1.82) is 0 Å². The number of hydrogen-bond acceptors (Lipinski definition) is 0. The topological polar surface area (TPSA) is 0 Å². The van der Waals surface area contributed by atoms with E-state index in [9.17, 15) is 0 Å². The van der Waals surface area contributed by atoms with Crippen molar-refractivity contribution in [3.63, 3.8) is 0 Å². The Hall–Kier alpha value is -0.690. The first-order valence-corrected chi connectivity index (χ1v) is 12.8. The minimum atomic E-state index is -1.02. The second-order valence-corrected chi connectivity index (χ2v) is 14.7. The Balaban J connectivity index is 1.98. The fourth-order valence-electron chi connectivity index (χ4n) is 4.31. The molecule has 0 N–H and O–H groups in total. The molecule has 0 spiro atoms. The van der Waals surface area contributed by atoms with E-state index in [1.165, 1.54) is 12.0 Å². The minimum absolute atomic E-state index is 0.386. The van der Waals surface area contributed by atoms with Crippen LogP contribution in [0.3, 0.4) is 0 Å². The number of fused-ring (bicyclic) bond motifs is 1. The molecule has 1 atom stereocenters. The van der Waals surface area contributed by atoms with E-state index in [0.29, 0.717) is 9.09 Å². The van der Waals surface area contributed by atoms with E-state index >= 15 is 0 Å². The van der Waals surface area contributed by atoms with E-state index < -0.39 is 22.9 Å². The number of benzene rings is 1. The Morgan fingerprint density at radius 2 is 1.58 bits per heavy atom. The Morgan fingerprint density at radius 1 is 1.00 bits per heavy atom. The molecule has 0 amide bonds. The molecule has 0 nitrogen and oxygen atoms in total. The molecule has 1 aromatic rings. The maximum absolute atomic E-state index is 2.57. The standard InChI is InChI=1S/C13H15.C10H15.Hf/c1-10(2)9-12-8-7-11-5-3-4-6-13(11)12;1-6-7(2)9(4)10(5)8(6)3;/h3-7,10,12H,9H2,1-2H3;1-5H3;. The van der Waals surface area contributed by atoms with Gasteiger partial charge in [0.25, 0.3) is 0 Å². The van der Waals surface area contributed by atoms with Gasteiger partial charge in [-0.15, -0.1) is 0 Å². The number of hydrogen-bond donors (Lipinski definition) is 0. The zero-order chi connectivity index (χ0) is 17.6. The quantitative estimate of drug-likeness (QED) is 0.399. The summed E-state index contributed by atoms with van der Waals surface area (Å²) in [7, 11) is 0. The summed E-state index contributed by atoms with van der Waals surface area (Å²) in [6.07, 6.45) is 3.87. The summed E-state index contributed by atoms with van der Waals surface area (Å²) in [5.74, 6) is 1.43. The van der Waals surface area contributed by atoms with Crippen LogP contribution >= 0.6 is 0 Å². The van der Waals surface area contributed by atoms with Crippen molar-refractivity contribution >= 4 is 6.08 Å². The van der Waals surface area contributed by atoms with Gasteiger partial charge in [-0.2, -0.15) is 0 Å². The average Bonchev–Trinajstić information content (AvgIpc) is 2.94. The molecule has 0 heterocycles. The molecule has 1 heteroatoms. The summed E-state index contributed by atoms with van der Waals surface area (Å²) < 4.78 is 2.21. The molecule has 0 aliphatic heterocycles. The zero-order valence-corrected chi connectivity index (χ0v) is 19.8. The van der Waals surface area contributed by atoms with Gasteiger partial charge >= 0.3 is 160 Å². The maximum atomic E-state index is 2.57. The van der Waals surface area contributed by atoms with Crippen molar-refractivity contribution in [3.05, 3.63) is 61.0 Å². The SMILES string of the molecule is CC1=C(C)[C](C)([Hf][C]2=Cc3ccccc3C2CC(C)C)C(C)=C1C. The summed E-state index contributed by atoms with van der Waals surface area (Å²) in [5.41, 5.74) is 9.50. The Labute approximate surface area is 159 Å². The first-order valence-electron chi connectivity index (χ1n) is 9.20. The average molecular weight is 485 g/mol. The van der Waals surface area contributed by atoms with Gasteiger partial charge in [0, 0.05) is 0 Å². The molecule has 1 aromatic carbocycles. The van der Waals surface area contributed by atoms with Gasteiger partial charge in [-0.1, -0.05) is 0 Å². The third-order valence-electron chi connectivity index (χ3n) is 6.35. The van der Waals surface area contributed by atoms with Crippen LogP contribution in [0.15, 0.2) is 49.9 Å². The van der Waals surface area contributed by atoms with Crippen LogP contribution < -0.4 is 0 Å². The molecule has 0 saturated carbocycles. The summed E-state index contributed by atoms with van der Waals surface area (Å²) >= 11 is -1.02. The predicted octanol–water partition coefficient (Wildman–Crippen LogP) is 7.12. The summed E-state index contributed by atoms with van der Waals surface area (Å²) in [6.45, 7) is 16.7. The molecule has 0 radical (unpaired) electrons. The predicted molar refractivity (Wildman–Crippen MR) is 102 cm³/mol. The van der Waals surface area contributed by atoms with Gasteiger partial charge in [-0.25, -0.2) is 0 Å². The molecule has 3 rings (SSSR count). The van der Waals surface area contributed by atoms with Crippen LogP contribution in [0.2, 0.25) is 3.17 Å². The molecule has 1 unspecified atom stereocenters. The molecule has 0 fully saturated rings. The van der Waals surface area contributed by atoms with Crippen molar-refractivity contribution in [2.24, 2.45) is 5.92 Å². The Morgan fingerprint density at radius 3 is 2.17 bits per heavy atom. The van der Waals surface area contributed by atoms with E-state index in [2.05, 4.69) is 78.8 Å². The summed E-state index contributed by atoms with van der Waals surface area (Å²) in [4.78, 5) is 0.